The van der Waals surface area contributed by atoms with E-state index in [4.69, 9.17) is 4.42 Å². The van der Waals surface area contributed by atoms with Crippen molar-refractivity contribution >= 4 is 17.6 Å². The summed E-state index contributed by atoms with van der Waals surface area (Å²) in [6.07, 6.45) is 1.59. The molecule has 0 radical (unpaired) electrons. The van der Waals surface area contributed by atoms with Gasteiger partial charge in [0.15, 0.2) is 0 Å². The number of benzene rings is 1. The lowest BCUT2D eigenvalue weighted by atomic mass is 9.85. The number of nitrogens with zero attached hydrogens (tertiary/aromatic N) is 2. The summed E-state index contributed by atoms with van der Waals surface area (Å²) >= 11 is 0. The Balaban J connectivity index is 1.76. The first kappa shape index (κ1) is 14.0. The van der Waals surface area contributed by atoms with E-state index < -0.39 is 5.54 Å². The smallest absolute Gasteiger partial charge is 0.329 e. The van der Waals surface area contributed by atoms with Gasteiger partial charge >= 0.3 is 6.03 Å². The number of nitrogens with one attached hydrogen (secondary N) is 1. The number of likely N-dealkylation sites (N-methyl/N-ethyl adjacent to an activating group) is 1. The van der Waals surface area contributed by atoms with E-state index in [1.807, 2.05) is 36.2 Å². The zero-order valence-corrected chi connectivity index (χ0v) is 12.7. The molecule has 1 spiro atoms. The number of amides is 3. The number of urea groups is 1. The van der Waals surface area contributed by atoms with Gasteiger partial charge in [0.2, 0.25) is 0 Å². The van der Waals surface area contributed by atoms with E-state index in [1.165, 1.54) is 4.90 Å². The molecule has 3 heterocycles. The summed E-state index contributed by atoms with van der Waals surface area (Å²) in [6, 6.07) is 12.3. The van der Waals surface area contributed by atoms with Crippen LogP contribution in [0, 0.1) is 0 Å². The summed E-state index contributed by atoms with van der Waals surface area (Å²) in [5.41, 5.74) is -0.390. The van der Waals surface area contributed by atoms with Gasteiger partial charge in [0, 0.05) is 13.1 Å². The van der Waals surface area contributed by atoms with Gasteiger partial charge in [-0.25, -0.2) is 9.69 Å². The number of imide groups is 1. The van der Waals surface area contributed by atoms with Gasteiger partial charge in [-0.2, -0.15) is 0 Å². The van der Waals surface area contributed by atoms with Crippen LogP contribution in [0.15, 0.2) is 53.1 Å². The van der Waals surface area contributed by atoms with Crippen molar-refractivity contribution in [3.8, 4) is 0 Å². The number of likely N-dealkylation sites (tertiary alicyclic amines) is 1. The van der Waals surface area contributed by atoms with E-state index in [9.17, 15) is 9.59 Å². The molecular weight excluding hydrogens is 294 g/mol. The Morgan fingerprint density at radius 3 is 2.65 bits per heavy atom. The van der Waals surface area contributed by atoms with Crippen LogP contribution in [-0.2, 0) is 4.79 Å². The Morgan fingerprint density at radius 1 is 1.17 bits per heavy atom. The topological polar surface area (TPSA) is 65.8 Å². The molecular formula is C17H17N3O3. The van der Waals surface area contributed by atoms with Gasteiger partial charge in [-0.1, -0.05) is 18.2 Å². The minimum absolute atomic E-state index is 0.201. The molecule has 1 N–H and O–H groups in total. The van der Waals surface area contributed by atoms with E-state index in [2.05, 4.69) is 5.32 Å². The SMILES string of the molecule is CN1C[C@H](c2ccco2)[C@]2(C1)NC(=O)N(c1ccccc1)C2=O. The largest absolute Gasteiger partial charge is 0.469 e. The standard InChI is InChI=1S/C17H17N3O3/c1-19-10-13(14-8-5-9-23-14)17(11-19)15(21)20(16(22)18-17)12-6-3-2-4-7-12/h2-9,13H,10-11H2,1H3,(H,18,22)/t13-,17+/m1/s1. The van der Waals surface area contributed by atoms with Crippen LogP contribution >= 0.6 is 0 Å². The highest BCUT2D eigenvalue weighted by molar-refractivity contribution is 6.24. The Hall–Kier alpha value is -2.60. The Morgan fingerprint density at radius 2 is 1.96 bits per heavy atom. The summed E-state index contributed by atoms with van der Waals surface area (Å²) < 4.78 is 5.53. The van der Waals surface area contributed by atoms with Gasteiger partial charge in [-0.05, 0) is 31.3 Å². The van der Waals surface area contributed by atoms with Crippen molar-refractivity contribution in [3.63, 3.8) is 0 Å². The molecule has 2 atom stereocenters. The highest BCUT2D eigenvalue weighted by Crippen LogP contribution is 2.41. The Bertz CT molecular complexity index is 744. The molecule has 0 saturated carbocycles. The van der Waals surface area contributed by atoms with Crippen molar-refractivity contribution in [1.29, 1.82) is 0 Å². The Kier molecular flexibility index (Phi) is 3.02. The van der Waals surface area contributed by atoms with Crippen molar-refractivity contribution in [3.05, 3.63) is 54.5 Å². The quantitative estimate of drug-likeness (QED) is 0.859. The molecule has 6 nitrogen and oxygen atoms in total. The maximum absolute atomic E-state index is 13.2. The lowest BCUT2D eigenvalue weighted by Crippen LogP contribution is -2.52. The van der Waals surface area contributed by atoms with Crippen molar-refractivity contribution < 1.29 is 14.0 Å². The molecule has 2 aromatic rings. The van der Waals surface area contributed by atoms with Gasteiger partial charge in [-0.15, -0.1) is 0 Å². The number of carbonyl (C=O) groups is 2. The Labute approximate surface area is 133 Å². The third kappa shape index (κ3) is 1.98. The number of carbonyl (C=O) groups excluding carboxylic acids is 2. The summed E-state index contributed by atoms with van der Waals surface area (Å²) in [4.78, 5) is 29.0. The summed E-state index contributed by atoms with van der Waals surface area (Å²) in [5.74, 6) is 0.296. The summed E-state index contributed by atoms with van der Waals surface area (Å²) in [7, 11) is 1.94. The summed E-state index contributed by atoms with van der Waals surface area (Å²) in [5, 5.41) is 2.93. The van der Waals surface area contributed by atoms with Gasteiger partial charge in [0.25, 0.3) is 5.91 Å². The second-order valence-electron chi connectivity index (χ2n) is 6.14. The minimum Gasteiger partial charge on any atom is -0.469 e. The molecule has 4 rings (SSSR count). The van der Waals surface area contributed by atoms with Crippen LogP contribution in [0.5, 0.6) is 0 Å². The monoisotopic (exact) mass is 311 g/mol. The fraction of sp³-hybridized carbons (Fsp3) is 0.294. The average molecular weight is 311 g/mol. The predicted molar refractivity (Wildman–Crippen MR) is 84.1 cm³/mol. The van der Waals surface area contributed by atoms with Gasteiger partial charge < -0.3 is 14.6 Å². The number of hydrogen-bond acceptors (Lipinski definition) is 4. The van der Waals surface area contributed by atoms with Crippen molar-refractivity contribution in [2.24, 2.45) is 0 Å². The minimum atomic E-state index is -0.973. The fourth-order valence-corrected chi connectivity index (χ4v) is 3.64. The molecule has 0 aliphatic carbocycles. The first-order valence-corrected chi connectivity index (χ1v) is 7.55. The van der Waals surface area contributed by atoms with Crippen LogP contribution in [0.4, 0.5) is 10.5 Å². The normalized spacial score (nSPS) is 27.9. The van der Waals surface area contributed by atoms with Gasteiger partial charge in [-0.3, -0.25) is 4.79 Å². The van der Waals surface area contributed by atoms with E-state index in [0.29, 0.717) is 18.8 Å². The second kappa shape index (κ2) is 4.96. The average Bonchev–Trinajstić information content (AvgIpc) is 3.21. The van der Waals surface area contributed by atoms with Gasteiger partial charge in [0.1, 0.15) is 11.3 Å². The first-order valence-electron chi connectivity index (χ1n) is 7.55. The van der Waals surface area contributed by atoms with Crippen LogP contribution in [0.3, 0.4) is 0 Å². The molecule has 0 unspecified atom stereocenters. The number of rotatable bonds is 2. The molecule has 2 fully saturated rings. The summed E-state index contributed by atoms with van der Waals surface area (Å²) in [6.45, 7) is 1.12. The lowest BCUT2D eigenvalue weighted by Gasteiger charge is -2.26. The van der Waals surface area contributed by atoms with Crippen molar-refractivity contribution in [2.75, 3.05) is 25.0 Å². The van der Waals surface area contributed by atoms with E-state index in [-0.39, 0.29) is 17.9 Å². The van der Waals surface area contributed by atoms with Crippen LogP contribution in [-0.4, -0.2) is 42.5 Å². The molecule has 2 aliphatic heterocycles. The third-order valence-electron chi connectivity index (χ3n) is 4.63. The zero-order valence-electron chi connectivity index (χ0n) is 12.7. The number of para-hydroxylation sites is 1. The van der Waals surface area contributed by atoms with Crippen LogP contribution in [0.25, 0.3) is 0 Å². The number of furan rings is 1. The molecule has 0 bridgehead atoms. The van der Waals surface area contributed by atoms with E-state index >= 15 is 0 Å². The van der Waals surface area contributed by atoms with Crippen LogP contribution in [0.1, 0.15) is 11.7 Å². The molecule has 1 aromatic heterocycles. The fourth-order valence-electron chi connectivity index (χ4n) is 3.64. The van der Waals surface area contributed by atoms with Crippen molar-refractivity contribution in [2.45, 2.75) is 11.5 Å². The highest BCUT2D eigenvalue weighted by atomic mass is 16.3. The zero-order chi connectivity index (χ0) is 16.0. The molecule has 2 saturated heterocycles. The maximum atomic E-state index is 13.2. The second-order valence-corrected chi connectivity index (χ2v) is 6.14. The molecule has 1 aromatic carbocycles. The molecule has 6 heteroatoms. The van der Waals surface area contributed by atoms with Gasteiger partial charge in [0.05, 0.1) is 17.9 Å². The number of hydrogen-bond donors (Lipinski definition) is 1. The maximum Gasteiger partial charge on any atom is 0.329 e. The molecule has 118 valence electrons. The lowest BCUT2D eigenvalue weighted by molar-refractivity contribution is -0.122. The number of anilines is 1. The van der Waals surface area contributed by atoms with Crippen LogP contribution in [0.2, 0.25) is 0 Å². The molecule has 23 heavy (non-hydrogen) atoms. The predicted octanol–water partition coefficient (Wildman–Crippen LogP) is 1.80. The highest BCUT2D eigenvalue weighted by Gasteiger charge is 2.61. The molecule has 2 aliphatic rings. The van der Waals surface area contributed by atoms with E-state index in [0.717, 1.165) is 5.76 Å². The van der Waals surface area contributed by atoms with Crippen molar-refractivity contribution in [1.82, 2.24) is 10.2 Å². The first-order chi connectivity index (χ1) is 11.1. The molecule has 3 amide bonds. The van der Waals surface area contributed by atoms with Crippen LogP contribution < -0.4 is 10.2 Å². The third-order valence-corrected chi connectivity index (χ3v) is 4.63. The van der Waals surface area contributed by atoms with E-state index in [1.54, 1.807) is 24.5 Å².